The Hall–Kier alpha value is -5.57. The number of carbonyl (C=O) groups is 3. The van der Waals surface area contributed by atoms with E-state index in [1.54, 1.807) is 30.5 Å². The van der Waals surface area contributed by atoms with Crippen molar-refractivity contribution in [2.45, 2.75) is 18.5 Å². The maximum absolute atomic E-state index is 14.4. The fraction of sp³-hybridized carbons (Fsp3) is 0.135. The number of pyridine rings is 1. The minimum Gasteiger partial charge on any atom is -0.332 e. The Labute approximate surface area is 263 Å². The maximum Gasteiger partial charge on any atom is 0.406 e. The van der Waals surface area contributed by atoms with E-state index in [2.05, 4.69) is 10.3 Å². The SMILES string of the molecule is O=CCCN(CC(F)(F)F)C(=O)C1c2ccccc2-c2ccc(-c3ccccc3-c3ccccc3)c(-c3ncccc3NC=O)c21. The molecule has 1 N–H and O–H groups in total. The molecule has 0 bridgehead atoms. The molecule has 0 fully saturated rings. The molecule has 230 valence electrons. The Morgan fingerprint density at radius 2 is 1.46 bits per heavy atom. The third-order valence-electron chi connectivity index (χ3n) is 8.10. The molecule has 46 heavy (non-hydrogen) atoms. The van der Waals surface area contributed by atoms with Gasteiger partial charge in [0.1, 0.15) is 12.8 Å². The number of fused-ring (bicyclic) bond motifs is 3. The first-order chi connectivity index (χ1) is 22.3. The average molecular weight is 620 g/mol. The second kappa shape index (κ2) is 12.8. The molecule has 1 aliphatic rings. The zero-order chi connectivity index (χ0) is 32.3. The Morgan fingerprint density at radius 1 is 0.783 bits per heavy atom. The van der Waals surface area contributed by atoms with Crippen LogP contribution >= 0.6 is 0 Å². The first kappa shape index (κ1) is 30.5. The molecule has 0 radical (unpaired) electrons. The first-order valence-electron chi connectivity index (χ1n) is 14.7. The lowest BCUT2D eigenvalue weighted by Gasteiger charge is -2.28. The quantitative estimate of drug-likeness (QED) is 0.162. The molecule has 9 heteroatoms. The highest BCUT2D eigenvalue weighted by Gasteiger charge is 2.42. The molecule has 1 aromatic heterocycles. The topological polar surface area (TPSA) is 79.4 Å². The van der Waals surface area contributed by atoms with Crippen molar-refractivity contribution in [1.82, 2.24) is 9.88 Å². The van der Waals surface area contributed by atoms with Gasteiger partial charge in [0.25, 0.3) is 0 Å². The lowest BCUT2D eigenvalue weighted by molar-refractivity contribution is -0.161. The van der Waals surface area contributed by atoms with Crippen LogP contribution in [0.1, 0.15) is 23.5 Å². The average Bonchev–Trinajstić information content (AvgIpc) is 3.41. The van der Waals surface area contributed by atoms with E-state index in [1.165, 1.54) is 0 Å². The van der Waals surface area contributed by atoms with Gasteiger partial charge in [-0.15, -0.1) is 0 Å². The number of halogens is 3. The van der Waals surface area contributed by atoms with Crippen molar-refractivity contribution in [3.05, 3.63) is 120 Å². The summed E-state index contributed by atoms with van der Waals surface area (Å²) in [5.41, 5.74) is 7.02. The van der Waals surface area contributed by atoms with Gasteiger partial charge >= 0.3 is 6.18 Å². The highest BCUT2D eigenvalue weighted by Crippen LogP contribution is 2.53. The summed E-state index contributed by atoms with van der Waals surface area (Å²) < 4.78 is 41.4. The minimum atomic E-state index is -4.68. The zero-order valence-electron chi connectivity index (χ0n) is 24.5. The number of nitrogens with zero attached hydrogens (tertiary/aromatic N) is 2. The molecule has 2 amide bonds. The van der Waals surface area contributed by atoms with E-state index in [9.17, 15) is 27.6 Å². The monoisotopic (exact) mass is 619 g/mol. The number of alkyl halides is 3. The van der Waals surface area contributed by atoms with Gasteiger partial charge in [-0.2, -0.15) is 13.2 Å². The molecule has 0 saturated carbocycles. The predicted molar refractivity (Wildman–Crippen MR) is 171 cm³/mol. The maximum atomic E-state index is 14.4. The normalized spacial score (nSPS) is 13.4. The van der Waals surface area contributed by atoms with Gasteiger partial charge in [0.05, 0.1) is 17.3 Å². The van der Waals surface area contributed by atoms with Crippen LogP contribution in [0.3, 0.4) is 0 Å². The number of aromatic nitrogens is 1. The van der Waals surface area contributed by atoms with Crippen molar-refractivity contribution in [2.75, 3.05) is 18.4 Å². The fourth-order valence-electron chi connectivity index (χ4n) is 6.29. The van der Waals surface area contributed by atoms with Crippen molar-refractivity contribution in [3.8, 4) is 44.6 Å². The summed E-state index contributed by atoms with van der Waals surface area (Å²) >= 11 is 0. The molecule has 1 unspecified atom stereocenters. The van der Waals surface area contributed by atoms with Gasteiger partial charge in [0.2, 0.25) is 12.3 Å². The summed E-state index contributed by atoms with van der Waals surface area (Å²) in [5, 5.41) is 2.71. The van der Waals surface area contributed by atoms with Gasteiger partial charge < -0.3 is 15.0 Å². The van der Waals surface area contributed by atoms with E-state index in [1.807, 2.05) is 78.9 Å². The van der Waals surface area contributed by atoms with E-state index in [0.717, 1.165) is 16.7 Å². The fourth-order valence-corrected chi connectivity index (χ4v) is 6.29. The first-order valence-corrected chi connectivity index (χ1v) is 14.7. The third-order valence-corrected chi connectivity index (χ3v) is 8.10. The summed E-state index contributed by atoms with van der Waals surface area (Å²) in [6.45, 7) is -1.88. The highest BCUT2D eigenvalue weighted by atomic mass is 19.4. The largest absolute Gasteiger partial charge is 0.406 e. The zero-order valence-corrected chi connectivity index (χ0v) is 24.5. The van der Waals surface area contributed by atoms with Crippen LogP contribution < -0.4 is 5.32 Å². The predicted octanol–water partition coefficient (Wildman–Crippen LogP) is 7.74. The lowest BCUT2D eigenvalue weighted by atomic mass is 9.83. The highest BCUT2D eigenvalue weighted by molar-refractivity contribution is 6.05. The molecule has 6 nitrogen and oxygen atoms in total. The number of hydrogen-bond acceptors (Lipinski definition) is 4. The molecule has 0 saturated heterocycles. The van der Waals surface area contributed by atoms with Gasteiger partial charge in [-0.25, -0.2) is 0 Å². The van der Waals surface area contributed by atoms with Crippen LogP contribution in [0.25, 0.3) is 44.6 Å². The van der Waals surface area contributed by atoms with Crippen LogP contribution in [0.2, 0.25) is 0 Å². The number of anilines is 1. The van der Waals surface area contributed by atoms with E-state index in [-0.39, 0.29) is 13.0 Å². The van der Waals surface area contributed by atoms with Crippen LogP contribution in [-0.4, -0.2) is 47.8 Å². The van der Waals surface area contributed by atoms with Crippen LogP contribution in [-0.2, 0) is 14.4 Å². The summed E-state index contributed by atoms with van der Waals surface area (Å²) in [5.74, 6) is -1.91. The molecule has 0 spiro atoms. The lowest BCUT2D eigenvalue weighted by Crippen LogP contribution is -2.42. The molecule has 1 heterocycles. The van der Waals surface area contributed by atoms with Crippen LogP contribution in [0.15, 0.2) is 109 Å². The van der Waals surface area contributed by atoms with Gasteiger partial charge in [0, 0.05) is 24.7 Å². The van der Waals surface area contributed by atoms with E-state index >= 15 is 0 Å². The standard InChI is InChI=1S/C37H28F3N3O3/c38-37(39,40)22-43(20-9-21-44)36(46)34-28-15-7-6-14-27(28)29-17-18-30(26-13-5-4-12-25(26)24-10-2-1-3-11-24)33(32(29)34)35-31(42-23-45)16-8-19-41-35/h1-8,10-19,21,23,34H,9,20,22H2,(H,42,45). The van der Waals surface area contributed by atoms with Gasteiger partial charge in [-0.05, 0) is 56.6 Å². The molecule has 1 aliphatic carbocycles. The van der Waals surface area contributed by atoms with Crippen molar-refractivity contribution in [2.24, 2.45) is 0 Å². The van der Waals surface area contributed by atoms with E-state index in [4.69, 9.17) is 0 Å². The van der Waals surface area contributed by atoms with Gasteiger partial charge in [-0.3, -0.25) is 14.6 Å². The smallest absolute Gasteiger partial charge is 0.332 e. The van der Waals surface area contributed by atoms with Gasteiger partial charge in [0.15, 0.2) is 0 Å². The van der Waals surface area contributed by atoms with E-state index in [0.29, 0.717) is 62.4 Å². The number of aldehydes is 1. The number of rotatable bonds is 10. The van der Waals surface area contributed by atoms with Crippen LogP contribution in [0.5, 0.6) is 0 Å². The molecular weight excluding hydrogens is 591 g/mol. The number of hydrogen-bond donors (Lipinski definition) is 1. The van der Waals surface area contributed by atoms with Crippen molar-refractivity contribution >= 4 is 24.3 Å². The number of benzene rings is 4. The molecular formula is C37H28F3N3O3. The number of carbonyl (C=O) groups excluding carboxylic acids is 3. The van der Waals surface area contributed by atoms with Crippen molar-refractivity contribution < 1.29 is 27.6 Å². The number of nitrogens with one attached hydrogen (secondary N) is 1. The molecule has 0 aliphatic heterocycles. The van der Waals surface area contributed by atoms with Crippen molar-refractivity contribution in [1.29, 1.82) is 0 Å². The summed E-state index contributed by atoms with van der Waals surface area (Å²) in [4.78, 5) is 42.8. The molecule has 5 aromatic rings. The molecule has 1 atom stereocenters. The van der Waals surface area contributed by atoms with Gasteiger partial charge in [-0.1, -0.05) is 91.0 Å². The summed E-state index contributed by atoms with van der Waals surface area (Å²) in [6.07, 6.45) is -2.32. The Morgan fingerprint density at radius 3 is 2.17 bits per heavy atom. The second-order valence-electron chi connectivity index (χ2n) is 10.9. The molecule has 6 rings (SSSR count). The summed E-state index contributed by atoms with van der Waals surface area (Å²) in [6, 6.07) is 31.8. The van der Waals surface area contributed by atoms with Crippen LogP contribution in [0.4, 0.5) is 18.9 Å². The van der Waals surface area contributed by atoms with Crippen LogP contribution in [0, 0.1) is 0 Å². The second-order valence-corrected chi connectivity index (χ2v) is 10.9. The number of amides is 2. The summed E-state index contributed by atoms with van der Waals surface area (Å²) in [7, 11) is 0. The Balaban J connectivity index is 1.68. The molecule has 4 aromatic carbocycles. The Bertz CT molecular complexity index is 1920. The third kappa shape index (κ3) is 5.79. The Kier molecular flexibility index (Phi) is 8.48. The minimum absolute atomic E-state index is 0.242. The van der Waals surface area contributed by atoms with Crippen molar-refractivity contribution in [3.63, 3.8) is 0 Å². The van der Waals surface area contributed by atoms with E-state index < -0.39 is 24.5 Å².